The van der Waals surface area contributed by atoms with Crippen LogP contribution in [0.1, 0.15) is 29.4 Å². The monoisotopic (exact) mass is 537 g/mol. The molecule has 198 valence electrons. The van der Waals surface area contributed by atoms with Gasteiger partial charge in [-0.2, -0.15) is 0 Å². The molecule has 1 aromatic heterocycles. The second-order valence-corrected chi connectivity index (χ2v) is 8.72. The molecule has 0 unspecified atom stereocenters. The molecule has 2 atom stereocenters. The largest absolute Gasteiger partial charge is 0.466 e. The molecule has 1 amide bonds. The highest BCUT2D eigenvalue weighted by molar-refractivity contribution is 6.30. The number of H-pyrrole nitrogens is 1. The molecule has 0 aliphatic carbocycles. The minimum absolute atomic E-state index is 0.0491. The minimum Gasteiger partial charge on any atom is -0.466 e. The van der Waals surface area contributed by atoms with Crippen molar-refractivity contribution in [3.63, 3.8) is 0 Å². The van der Waals surface area contributed by atoms with Crippen molar-refractivity contribution in [2.75, 3.05) is 19.7 Å². The Labute approximate surface area is 216 Å². The van der Waals surface area contributed by atoms with Crippen LogP contribution in [0.15, 0.2) is 48.7 Å². The molecule has 3 N–H and O–H groups in total. The van der Waals surface area contributed by atoms with Crippen LogP contribution in [0.3, 0.4) is 0 Å². The van der Waals surface area contributed by atoms with E-state index >= 15 is 0 Å². The van der Waals surface area contributed by atoms with Crippen molar-refractivity contribution in [3.05, 3.63) is 70.8 Å². The van der Waals surface area contributed by atoms with Gasteiger partial charge in [0, 0.05) is 23.2 Å². The first kappa shape index (κ1) is 28.1. The maximum Gasteiger partial charge on any atom is 0.310 e. The molecule has 0 aliphatic rings. The number of aromatic amines is 1. The summed E-state index contributed by atoms with van der Waals surface area (Å²) in [6.45, 7) is 1.15. The molecule has 37 heavy (non-hydrogen) atoms. The molecule has 3 aromatic rings. The van der Waals surface area contributed by atoms with Crippen LogP contribution in [0.5, 0.6) is 0 Å². The fourth-order valence-electron chi connectivity index (χ4n) is 3.82. The van der Waals surface area contributed by atoms with Crippen LogP contribution in [0.2, 0.25) is 5.02 Å². The summed E-state index contributed by atoms with van der Waals surface area (Å²) >= 11 is 6.00. The molecule has 0 bridgehead atoms. The zero-order valence-corrected chi connectivity index (χ0v) is 20.8. The van der Waals surface area contributed by atoms with E-state index in [0.717, 1.165) is 5.56 Å². The van der Waals surface area contributed by atoms with E-state index in [-0.39, 0.29) is 25.3 Å². The number of rotatable bonds is 13. The lowest BCUT2D eigenvalue weighted by Crippen LogP contribution is -2.42. The minimum atomic E-state index is -2.58. The first-order valence-corrected chi connectivity index (χ1v) is 12.0. The van der Waals surface area contributed by atoms with Crippen molar-refractivity contribution in [2.45, 2.75) is 32.2 Å². The number of hydrogen-bond donors (Lipinski definition) is 3. The lowest BCUT2D eigenvalue weighted by atomic mass is 9.93. The lowest BCUT2D eigenvalue weighted by Gasteiger charge is -2.24. The maximum absolute atomic E-state index is 14.3. The number of aromatic nitrogens is 3. The third-order valence-corrected chi connectivity index (χ3v) is 5.77. The average molecular weight is 538 g/mol. The number of ether oxygens (including phenoxy) is 1. The van der Waals surface area contributed by atoms with Gasteiger partial charge in [0.1, 0.15) is 5.82 Å². The Kier molecular flexibility index (Phi) is 10.5. The Bertz CT molecular complexity index is 1160. The Hall–Kier alpha value is -3.44. The van der Waals surface area contributed by atoms with Gasteiger partial charge in [-0.05, 0) is 49.1 Å². The number of hydrogen-bond acceptors (Lipinski definition) is 6. The van der Waals surface area contributed by atoms with Gasteiger partial charge in [-0.25, -0.2) is 13.2 Å². The number of esters is 1. The fourth-order valence-corrected chi connectivity index (χ4v) is 3.99. The van der Waals surface area contributed by atoms with Gasteiger partial charge < -0.3 is 15.4 Å². The third-order valence-electron chi connectivity index (χ3n) is 5.54. The van der Waals surface area contributed by atoms with E-state index in [1.54, 1.807) is 31.2 Å². The van der Waals surface area contributed by atoms with Gasteiger partial charge in [-0.15, -0.1) is 5.10 Å². The van der Waals surface area contributed by atoms with Gasteiger partial charge in [-0.1, -0.05) is 41.1 Å². The van der Waals surface area contributed by atoms with Crippen LogP contribution in [-0.2, 0) is 16.0 Å². The van der Waals surface area contributed by atoms with Gasteiger partial charge in [0.15, 0.2) is 5.69 Å². The number of carbonyl (C=O) groups is 2. The molecule has 1 heterocycles. The number of nitrogens with zero attached hydrogens (tertiary/aromatic N) is 2. The number of amides is 1. The lowest BCUT2D eigenvalue weighted by molar-refractivity contribution is -0.148. The number of carbonyl (C=O) groups excluding carboxylic acids is 2. The number of nitrogens with one attached hydrogen (secondary N) is 3. The highest BCUT2D eigenvalue weighted by atomic mass is 35.5. The number of alkyl halides is 2. The van der Waals surface area contributed by atoms with Crippen LogP contribution in [-0.4, -0.2) is 59.5 Å². The predicted octanol–water partition coefficient (Wildman–Crippen LogP) is 4.03. The average Bonchev–Trinajstić information content (AvgIpc) is 3.41. The Morgan fingerprint density at radius 3 is 2.54 bits per heavy atom. The zero-order valence-electron chi connectivity index (χ0n) is 20.0. The fraction of sp³-hybridized carbons (Fsp3) is 0.360. The van der Waals surface area contributed by atoms with E-state index < -0.39 is 42.6 Å². The third kappa shape index (κ3) is 8.57. The molecule has 3 rings (SSSR count). The van der Waals surface area contributed by atoms with E-state index in [4.69, 9.17) is 16.3 Å². The summed E-state index contributed by atoms with van der Waals surface area (Å²) < 4.78 is 44.7. The van der Waals surface area contributed by atoms with Crippen molar-refractivity contribution in [3.8, 4) is 11.1 Å². The standard InChI is InChI=1S/C25H27ClF3N5O3/c1-2-37-25(36)17(12-30-14-23(28)29)10-19(32-24(35)22-13-31-34-33-22)9-15-3-5-16(6-4-15)20-11-18(26)7-8-21(20)27/h3-8,11,13,17,19,23,30H,2,9-10,12,14H2,1H3,(H,32,35)(H,31,33,34)/t17-,19+/m0/s1. The molecule has 0 saturated heterocycles. The summed E-state index contributed by atoms with van der Waals surface area (Å²) in [5.41, 5.74) is 1.81. The summed E-state index contributed by atoms with van der Waals surface area (Å²) in [7, 11) is 0. The quantitative estimate of drug-likeness (QED) is 0.284. The van der Waals surface area contributed by atoms with E-state index in [9.17, 15) is 22.8 Å². The molecule has 12 heteroatoms. The molecule has 0 radical (unpaired) electrons. The first-order chi connectivity index (χ1) is 17.8. The van der Waals surface area contributed by atoms with Crippen molar-refractivity contribution in [1.29, 1.82) is 0 Å². The summed E-state index contributed by atoms with van der Waals surface area (Å²) in [5, 5.41) is 15.5. The molecular weight excluding hydrogens is 511 g/mol. The molecule has 0 spiro atoms. The van der Waals surface area contributed by atoms with Crippen molar-refractivity contribution in [1.82, 2.24) is 26.0 Å². The highest BCUT2D eigenvalue weighted by Gasteiger charge is 2.26. The van der Waals surface area contributed by atoms with Crippen molar-refractivity contribution >= 4 is 23.5 Å². The van der Waals surface area contributed by atoms with Gasteiger partial charge in [0.25, 0.3) is 12.3 Å². The van der Waals surface area contributed by atoms with Crippen LogP contribution in [0.4, 0.5) is 13.2 Å². The Balaban J connectivity index is 1.79. The van der Waals surface area contributed by atoms with Gasteiger partial charge in [-0.3, -0.25) is 14.7 Å². The second kappa shape index (κ2) is 13.8. The summed E-state index contributed by atoms with van der Waals surface area (Å²) in [6.07, 6.45) is -0.836. The Morgan fingerprint density at radius 1 is 1.14 bits per heavy atom. The van der Waals surface area contributed by atoms with Crippen molar-refractivity contribution < 1.29 is 27.5 Å². The van der Waals surface area contributed by atoms with Crippen LogP contribution in [0.25, 0.3) is 11.1 Å². The van der Waals surface area contributed by atoms with Crippen LogP contribution >= 0.6 is 11.6 Å². The van der Waals surface area contributed by atoms with E-state index in [1.807, 2.05) is 0 Å². The normalized spacial score (nSPS) is 12.8. The van der Waals surface area contributed by atoms with Gasteiger partial charge >= 0.3 is 5.97 Å². The van der Waals surface area contributed by atoms with E-state index in [0.29, 0.717) is 22.6 Å². The molecule has 0 fully saturated rings. The first-order valence-electron chi connectivity index (χ1n) is 11.6. The van der Waals surface area contributed by atoms with E-state index in [1.165, 1.54) is 24.4 Å². The second-order valence-electron chi connectivity index (χ2n) is 8.29. The van der Waals surface area contributed by atoms with E-state index in [2.05, 4.69) is 26.0 Å². The zero-order chi connectivity index (χ0) is 26.8. The van der Waals surface area contributed by atoms with Crippen LogP contribution < -0.4 is 10.6 Å². The predicted molar refractivity (Wildman–Crippen MR) is 132 cm³/mol. The maximum atomic E-state index is 14.3. The van der Waals surface area contributed by atoms with Gasteiger partial charge in [0.2, 0.25) is 0 Å². The smallest absolute Gasteiger partial charge is 0.310 e. The number of benzene rings is 2. The molecule has 2 aromatic carbocycles. The number of halogens is 4. The molecule has 8 nitrogen and oxygen atoms in total. The van der Waals surface area contributed by atoms with Crippen LogP contribution in [0, 0.1) is 11.7 Å². The SMILES string of the molecule is CCOC(=O)[C@H](CNCC(F)F)C[C@@H](Cc1ccc(-c2cc(Cl)ccc2F)cc1)NC(=O)c1c[nH]nn1. The van der Waals surface area contributed by atoms with Gasteiger partial charge in [0.05, 0.1) is 25.3 Å². The molecule has 0 saturated carbocycles. The summed E-state index contributed by atoms with van der Waals surface area (Å²) in [6, 6.07) is 10.7. The Morgan fingerprint density at radius 2 is 1.89 bits per heavy atom. The molecular formula is C25H27ClF3N5O3. The van der Waals surface area contributed by atoms with Crippen molar-refractivity contribution in [2.24, 2.45) is 5.92 Å². The molecule has 0 aliphatic heterocycles. The summed E-state index contributed by atoms with van der Waals surface area (Å²) in [5.74, 6) is -2.28. The summed E-state index contributed by atoms with van der Waals surface area (Å²) in [4.78, 5) is 25.2. The highest BCUT2D eigenvalue weighted by Crippen LogP contribution is 2.27. The topological polar surface area (TPSA) is 109 Å².